The summed E-state index contributed by atoms with van der Waals surface area (Å²) in [6, 6.07) is 0. The van der Waals surface area contributed by atoms with Crippen molar-refractivity contribution >= 4 is 23.9 Å². The highest BCUT2D eigenvalue weighted by molar-refractivity contribution is 5.91. The highest BCUT2D eigenvalue weighted by Gasteiger charge is 2.33. The van der Waals surface area contributed by atoms with Crippen LogP contribution in [0.4, 0.5) is 0 Å². The van der Waals surface area contributed by atoms with Gasteiger partial charge in [-0.15, -0.1) is 0 Å². The number of hydrogen-bond acceptors (Lipinski definition) is 8. The van der Waals surface area contributed by atoms with Gasteiger partial charge >= 0.3 is 23.9 Å². The van der Waals surface area contributed by atoms with Crippen LogP contribution in [-0.4, -0.2) is 23.9 Å². The number of allylic oxidation sites excluding steroid dienone is 3. The van der Waals surface area contributed by atoms with Crippen LogP contribution in [0, 0.1) is 6.92 Å². The fourth-order valence-electron chi connectivity index (χ4n) is 3.18. The zero-order valence-electron chi connectivity index (χ0n) is 21.4. The van der Waals surface area contributed by atoms with Crippen LogP contribution in [0.2, 0.25) is 0 Å². The molecule has 0 radical (unpaired) electrons. The Hall–Kier alpha value is -3.42. The predicted octanol–water partition coefficient (Wildman–Crippen LogP) is 5.49. The number of rotatable bonds is 9. The zero-order valence-corrected chi connectivity index (χ0v) is 21.4. The molecule has 0 saturated carbocycles. The molecule has 0 N–H and O–H groups in total. The Kier molecular flexibility index (Phi) is 10.7. The molecular weight excluding hydrogens is 440 g/mol. The van der Waals surface area contributed by atoms with Gasteiger partial charge in [0.2, 0.25) is 0 Å². The van der Waals surface area contributed by atoms with E-state index in [2.05, 4.69) is 0 Å². The normalized spacial score (nSPS) is 11.9. The molecule has 0 aliphatic rings. The van der Waals surface area contributed by atoms with Crippen LogP contribution in [0.5, 0.6) is 23.0 Å². The molecule has 0 aliphatic carbocycles. The van der Waals surface area contributed by atoms with E-state index in [0.29, 0.717) is 18.4 Å². The van der Waals surface area contributed by atoms with E-state index in [1.165, 1.54) is 27.7 Å². The molecule has 0 spiro atoms. The van der Waals surface area contributed by atoms with Crippen molar-refractivity contribution in [2.24, 2.45) is 0 Å². The largest absolute Gasteiger partial charge is 0.422 e. The van der Waals surface area contributed by atoms with Crippen molar-refractivity contribution in [2.45, 2.75) is 81.1 Å². The molecule has 0 saturated heterocycles. The van der Waals surface area contributed by atoms with Crippen LogP contribution in [-0.2, 0) is 19.2 Å². The van der Waals surface area contributed by atoms with E-state index in [4.69, 9.17) is 18.9 Å². The Labute approximate surface area is 200 Å². The molecule has 0 fully saturated rings. The molecule has 1 aromatic rings. The van der Waals surface area contributed by atoms with Crippen LogP contribution in [0.1, 0.15) is 85.3 Å². The minimum absolute atomic E-state index is 0.0521. The van der Waals surface area contributed by atoms with Crippen LogP contribution in [0.25, 0.3) is 0 Å². The van der Waals surface area contributed by atoms with Crippen molar-refractivity contribution < 1.29 is 38.1 Å². The lowest BCUT2D eigenvalue weighted by Gasteiger charge is -2.25. The Morgan fingerprint density at radius 3 is 1.62 bits per heavy atom. The molecule has 0 unspecified atom stereocenters. The molecule has 0 bridgehead atoms. The van der Waals surface area contributed by atoms with Gasteiger partial charge in [-0.05, 0) is 53.4 Å². The lowest BCUT2D eigenvalue weighted by Crippen LogP contribution is -2.18. The van der Waals surface area contributed by atoms with E-state index < -0.39 is 23.9 Å². The number of ether oxygens (including phenoxy) is 4. The van der Waals surface area contributed by atoms with Gasteiger partial charge in [0, 0.05) is 37.5 Å². The van der Waals surface area contributed by atoms with E-state index in [1.807, 2.05) is 26.8 Å². The van der Waals surface area contributed by atoms with Gasteiger partial charge in [-0.25, -0.2) is 4.79 Å². The molecule has 34 heavy (non-hydrogen) atoms. The van der Waals surface area contributed by atoms with Crippen LogP contribution < -0.4 is 18.9 Å². The van der Waals surface area contributed by atoms with Gasteiger partial charge in [-0.2, -0.15) is 0 Å². The monoisotopic (exact) mass is 474 g/mol. The second-order valence-corrected chi connectivity index (χ2v) is 8.26. The molecule has 0 aromatic heterocycles. The molecule has 8 nitrogen and oxygen atoms in total. The maximum Gasteiger partial charge on any atom is 0.338 e. The third-order valence-electron chi connectivity index (χ3n) is 4.92. The van der Waals surface area contributed by atoms with Gasteiger partial charge < -0.3 is 18.9 Å². The van der Waals surface area contributed by atoms with E-state index in [9.17, 15) is 19.2 Å². The molecule has 0 heterocycles. The predicted molar refractivity (Wildman–Crippen MR) is 127 cm³/mol. The molecule has 0 aliphatic heterocycles. The number of esters is 4. The Morgan fingerprint density at radius 1 is 0.765 bits per heavy atom. The fraction of sp³-hybridized carbons (Fsp3) is 0.462. The second-order valence-electron chi connectivity index (χ2n) is 8.26. The topological polar surface area (TPSA) is 105 Å². The molecule has 1 aromatic carbocycles. The van der Waals surface area contributed by atoms with Crippen molar-refractivity contribution in [1.82, 2.24) is 0 Å². The summed E-state index contributed by atoms with van der Waals surface area (Å²) in [7, 11) is 0. The Balaban J connectivity index is 4.02. The van der Waals surface area contributed by atoms with Gasteiger partial charge in [-0.3, -0.25) is 14.4 Å². The number of hydrogen-bond donors (Lipinski definition) is 0. The quantitative estimate of drug-likeness (QED) is 0.200. The van der Waals surface area contributed by atoms with Gasteiger partial charge in [0.15, 0.2) is 23.0 Å². The summed E-state index contributed by atoms with van der Waals surface area (Å²) in [5, 5.41) is 0. The van der Waals surface area contributed by atoms with Crippen molar-refractivity contribution in [1.29, 1.82) is 0 Å². The first kappa shape index (κ1) is 28.6. The van der Waals surface area contributed by atoms with Gasteiger partial charge in [0.05, 0.1) is 0 Å². The third kappa shape index (κ3) is 7.86. The molecule has 0 amide bonds. The van der Waals surface area contributed by atoms with Crippen molar-refractivity contribution in [3.8, 4) is 23.0 Å². The van der Waals surface area contributed by atoms with Gasteiger partial charge in [0.1, 0.15) is 0 Å². The first-order valence-electron chi connectivity index (χ1n) is 11.0. The average Bonchev–Trinajstić information content (AvgIpc) is 2.71. The lowest BCUT2D eigenvalue weighted by molar-refractivity contribution is -0.135. The van der Waals surface area contributed by atoms with E-state index >= 15 is 0 Å². The van der Waals surface area contributed by atoms with E-state index in [-0.39, 0.29) is 40.0 Å². The standard InChI is InChI=1S/C26H34O8/c1-10-15(4)26(30)34-23-17(6)22(31-18(7)27)24(32-19(8)28)21(25(23)33-20(9)29)16(5)13-11-12-14(2)3/h10,12,16H,11,13H2,1-9H3/t16-/m1/s1. The number of carbonyl (C=O) groups excluding carboxylic acids is 4. The SMILES string of the molecule is CC=C(C)C(=O)Oc1c(C)c(OC(C)=O)c(OC(C)=O)c([C@H](C)CCC=C(C)C)c1OC(C)=O. The summed E-state index contributed by atoms with van der Waals surface area (Å²) < 4.78 is 22.0. The molecule has 1 atom stereocenters. The first-order valence-corrected chi connectivity index (χ1v) is 11.0. The molecule has 8 heteroatoms. The van der Waals surface area contributed by atoms with Crippen molar-refractivity contribution in [2.75, 3.05) is 0 Å². The Morgan fingerprint density at radius 2 is 1.21 bits per heavy atom. The summed E-state index contributed by atoms with van der Waals surface area (Å²) in [6.07, 6.45) is 4.89. The lowest BCUT2D eigenvalue weighted by atomic mass is 9.91. The van der Waals surface area contributed by atoms with Crippen LogP contribution in [0.3, 0.4) is 0 Å². The van der Waals surface area contributed by atoms with Crippen molar-refractivity contribution in [3.63, 3.8) is 0 Å². The molecular formula is C26H34O8. The van der Waals surface area contributed by atoms with E-state index in [0.717, 1.165) is 5.57 Å². The van der Waals surface area contributed by atoms with Crippen LogP contribution in [0.15, 0.2) is 23.3 Å². The third-order valence-corrected chi connectivity index (χ3v) is 4.92. The summed E-state index contributed by atoms with van der Waals surface area (Å²) in [6.45, 7) is 14.2. The maximum absolute atomic E-state index is 12.6. The number of benzene rings is 1. The zero-order chi connectivity index (χ0) is 26.2. The highest BCUT2D eigenvalue weighted by atomic mass is 16.6. The maximum atomic E-state index is 12.6. The number of carbonyl (C=O) groups is 4. The first-order chi connectivity index (χ1) is 15.8. The van der Waals surface area contributed by atoms with E-state index in [1.54, 1.807) is 19.9 Å². The summed E-state index contributed by atoms with van der Waals surface area (Å²) >= 11 is 0. The summed E-state index contributed by atoms with van der Waals surface area (Å²) in [5.74, 6) is -3.27. The minimum atomic E-state index is -0.670. The molecule has 186 valence electrons. The smallest absolute Gasteiger partial charge is 0.338 e. The van der Waals surface area contributed by atoms with Gasteiger partial charge in [-0.1, -0.05) is 24.6 Å². The average molecular weight is 475 g/mol. The fourth-order valence-corrected chi connectivity index (χ4v) is 3.18. The summed E-state index contributed by atoms with van der Waals surface area (Å²) in [5.41, 5.74) is 1.91. The summed E-state index contributed by atoms with van der Waals surface area (Å²) in [4.78, 5) is 48.6. The van der Waals surface area contributed by atoms with Gasteiger partial charge in [0.25, 0.3) is 0 Å². The minimum Gasteiger partial charge on any atom is -0.422 e. The second kappa shape index (κ2) is 12.7. The Bertz CT molecular complexity index is 1030. The highest BCUT2D eigenvalue weighted by Crippen LogP contribution is 2.52. The van der Waals surface area contributed by atoms with Crippen molar-refractivity contribution in [3.05, 3.63) is 34.4 Å². The molecule has 1 rings (SSSR count). The van der Waals surface area contributed by atoms with Crippen LogP contribution >= 0.6 is 0 Å².